The van der Waals surface area contributed by atoms with E-state index in [9.17, 15) is 43.5 Å². The normalized spacial score (nSPS) is 15.1. The molecule has 0 aromatic carbocycles. The van der Waals surface area contributed by atoms with Crippen molar-refractivity contribution in [3.63, 3.8) is 0 Å². The van der Waals surface area contributed by atoms with Crippen molar-refractivity contribution in [2.24, 2.45) is 17.6 Å². The minimum absolute atomic E-state index is 0.0938. The summed E-state index contributed by atoms with van der Waals surface area (Å²) in [6.07, 6.45) is -1.49. The van der Waals surface area contributed by atoms with E-state index in [0.29, 0.717) is 0 Å². The Kier molecular flexibility index (Phi) is 17.6. The Labute approximate surface area is 260 Å². The molecule has 0 aliphatic rings. The Balaban J connectivity index is 5.74. The largest absolute Gasteiger partial charge is 0.481 e. The van der Waals surface area contributed by atoms with E-state index in [1.165, 1.54) is 0 Å². The third-order valence-electron chi connectivity index (χ3n) is 6.35. The van der Waals surface area contributed by atoms with Crippen molar-refractivity contribution in [1.82, 2.24) is 26.6 Å². The third-order valence-corrected chi connectivity index (χ3v) is 6.72. The molecule has 6 atom stereocenters. The molecule has 17 nitrogen and oxygen atoms in total. The molecule has 0 fully saturated rings. The number of hydrogen-bond donors (Lipinski definition) is 10. The molecule has 0 aromatic heterocycles. The van der Waals surface area contributed by atoms with Crippen molar-refractivity contribution in [3.8, 4) is 0 Å². The topological polar surface area (TPSA) is 283 Å². The van der Waals surface area contributed by atoms with Gasteiger partial charge in [-0.05, 0) is 24.7 Å². The van der Waals surface area contributed by atoms with Gasteiger partial charge < -0.3 is 47.6 Å². The number of aliphatic carboxylic acids is 3. The van der Waals surface area contributed by atoms with E-state index in [0.717, 1.165) is 0 Å². The van der Waals surface area contributed by atoms with Crippen LogP contribution in [0.2, 0.25) is 0 Å². The standard InChI is InChI=1S/C26H44N6O11S/c1-6-14(22(38)30-16(10-44)26(42)43)28-24(40)19(11(2)3)32-25(41)20(12(4)5)31-23(39)15(9-18(35)36)29-21(37)13(27)7-8-17(33)34/h11-16,19-20,44H,6-10,27H2,1-5H3,(H,28,40)(H,29,37)(H,30,38)(H,31,39)(H,32,41)(H,33,34)(H,35,36)(H,42,43)/t13-,14-,15-,16-,19-,20-/m0/s1. The van der Waals surface area contributed by atoms with Gasteiger partial charge in [0.15, 0.2) is 0 Å². The van der Waals surface area contributed by atoms with E-state index in [1.807, 2.05) is 0 Å². The first-order valence-electron chi connectivity index (χ1n) is 13.9. The highest BCUT2D eigenvalue weighted by Crippen LogP contribution is 2.09. The Morgan fingerprint density at radius 3 is 1.48 bits per heavy atom. The van der Waals surface area contributed by atoms with Gasteiger partial charge in [-0.1, -0.05) is 34.6 Å². The van der Waals surface area contributed by atoms with Crippen LogP contribution in [0.25, 0.3) is 0 Å². The van der Waals surface area contributed by atoms with Gasteiger partial charge in [0.25, 0.3) is 0 Å². The molecular weight excluding hydrogens is 604 g/mol. The van der Waals surface area contributed by atoms with Crippen molar-refractivity contribution in [3.05, 3.63) is 0 Å². The SMILES string of the molecule is CC[C@H](NC(=O)[C@@H](NC(=O)[C@@H](NC(=O)[C@H](CC(=O)O)NC(=O)[C@@H](N)CCC(=O)O)C(C)C)C(C)C)C(=O)N[C@@H](CS)C(=O)O. The van der Waals surface area contributed by atoms with Crippen LogP contribution in [-0.4, -0.2) is 105 Å². The molecular formula is C26H44N6O11S. The maximum Gasteiger partial charge on any atom is 0.327 e. The average Bonchev–Trinajstić information content (AvgIpc) is 2.92. The van der Waals surface area contributed by atoms with Crippen LogP contribution in [0.1, 0.15) is 60.3 Å². The van der Waals surface area contributed by atoms with Gasteiger partial charge in [-0.2, -0.15) is 12.6 Å². The van der Waals surface area contributed by atoms with E-state index in [4.69, 9.17) is 15.9 Å². The first-order chi connectivity index (χ1) is 20.4. The molecule has 0 heterocycles. The highest BCUT2D eigenvalue weighted by Gasteiger charge is 2.35. The predicted octanol–water partition coefficient (Wildman–Crippen LogP) is -2.19. The minimum atomic E-state index is -1.66. The lowest BCUT2D eigenvalue weighted by atomic mass is 9.98. The summed E-state index contributed by atoms with van der Waals surface area (Å²) in [4.78, 5) is 97.7. The smallest absolute Gasteiger partial charge is 0.327 e. The summed E-state index contributed by atoms with van der Waals surface area (Å²) in [6, 6.07) is -7.93. The number of amides is 5. The predicted molar refractivity (Wildman–Crippen MR) is 158 cm³/mol. The van der Waals surface area contributed by atoms with Gasteiger partial charge in [-0.25, -0.2) is 4.79 Å². The molecule has 0 unspecified atom stereocenters. The van der Waals surface area contributed by atoms with Crippen LogP contribution in [0.15, 0.2) is 0 Å². The zero-order valence-corrected chi connectivity index (χ0v) is 26.2. The second-order valence-electron chi connectivity index (χ2n) is 10.7. The van der Waals surface area contributed by atoms with Gasteiger partial charge in [-0.15, -0.1) is 0 Å². The van der Waals surface area contributed by atoms with Gasteiger partial charge in [0.05, 0.1) is 12.5 Å². The zero-order valence-electron chi connectivity index (χ0n) is 25.3. The van der Waals surface area contributed by atoms with Crippen molar-refractivity contribution < 1.29 is 53.7 Å². The zero-order chi connectivity index (χ0) is 34.3. The molecule has 0 saturated carbocycles. The number of nitrogens with one attached hydrogen (secondary N) is 5. The van der Waals surface area contributed by atoms with Crippen LogP contribution >= 0.6 is 12.6 Å². The van der Waals surface area contributed by atoms with Crippen molar-refractivity contribution in [2.75, 3.05) is 5.75 Å². The summed E-state index contributed by atoms with van der Waals surface area (Å²) in [5.74, 6) is -9.60. The van der Waals surface area contributed by atoms with E-state index < -0.39 is 108 Å². The highest BCUT2D eigenvalue weighted by atomic mass is 32.1. The van der Waals surface area contributed by atoms with Crippen molar-refractivity contribution in [2.45, 2.75) is 96.6 Å². The lowest BCUT2D eigenvalue weighted by molar-refractivity contribution is -0.142. The number of carboxylic acids is 3. The molecule has 250 valence electrons. The summed E-state index contributed by atoms with van der Waals surface area (Å²) in [6.45, 7) is 7.95. The van der Waals surface area contributed by atoms with E-state index in [-0.39, 0.29) is 18.6 Å². The minimum Gasteiger partial charge on any atom is -0.481 e. The van der Waals surface area contributed by atoms with Crippen LogP contribution in [0.5, 0.6) is 0 Å². The van der Waals surface area contributed by atoms with Crippen LogP contribution < -0.4 is 32.3 Å². The van der Waals surface area contributed by atoms with Crippen LogP contribution in [0.4, 0.5) is 0 Å². The molecule has 0 aromatic rings. The van der Waals surface area contributed by atoms with Crippen molar-refractivity contribution >= 4 is 60.1 Å². The molecule has 0 bridgehead atoms. The molecule has 0 rings (SSSR count). The van der Waals surface area contributed by atoms with E-state index in [2.05, 4.69) is 39.2 Å². The quantitative estimate of drug-likeness (QED) is 0.0631. The molecule has 18 heteroatoms. The molecule has 0 spiro atoms. The fraction of sp³-hybridized carbons (Fsp3) is 0.692. The molecule has 5 amide bonds. The number of carbonyl (C=O) groups excluding carboxylic acids is 5. The molecule has 0 aliphatic carbocycles. The summed E-state index contributed by atoms with van der Waals surface area (Å²) in [5.41, 5.74) is 5.65. The molecule has 44 heavy (non-hydrogen) atoms. The van der Waals surface area contributed by atoms with Crippen molar-refractivity contribution in [1.29, 1.82) is 0 Å². The summed E-state index contributed by atoms with van der Waals surface area (Å²) < 4.78 is 0. The second kappa shape index (κ2) is 19.4. The lowest BCUT2D eigenvalue weighted by Crippen LogP contribution is -2.61. The second-order valence-corrected chi connectivity index (χ2v) is 11.1. The van der Waals surface area contributed by atoms with E-state index in [1.54, 1.807) is 34.6 Å². The van der Waals surface area contributed by atoms with Gasteiger partial charge in [0.1, 0.15) is 30.2 Å². The molecule has 0 radical (unpaired) electrons. The number of thiol groups is 1. The van der Waals surface area contributed by atoms with Gasteiger partial charge in [0, 0.05) is 12.2 Å². The van der Waals surface area contributed by atoms with Gasteiger partial charge >= 0.3 is 17.9 Å². The highest BCUT2D eigenvalue weighted by molar-refractivity contribution is 7.80. The van der Waals surface area contributed by atoms with Crippen LogP contribution in [0.3, 0.4) is 0 Å². The number of carboxylic acid groups (broad SMARTS) is 3. The fourth-order valence-electron chi connectivity index (χ4n) is 3.71. The fourth-order valence-corrected chi connectivity index (χ4v) is 3.96. The Morgan fingerprint density at radius 2 is 1.07 bits per heavy atom. The van der Waals surface area contributed by atoms with Crippen LogP contribution in [-0.2, 0) is 38.4 Å². The third kappa shape index (κ3) is 14.0. The number of rotatable bonds is 20. The first-order valence-corrected chi connectivity index (χ1v) is 14.5. The van der Waals surface area contributed by atoms with E-state index >= 15 is 0 Å². The number of carbonyl (C=O) groups is 8. The maximum atomic E-state index is 13.3. The molecule has 0 saturated heterocycles. The molecule has 10 N–H and O–H groups in total. The Bertz CT molecular complexity index is 1070. The Hall–Kier alpha value is -3.93. The lowest BCUT2D eigenvalue weighted by Gasteiger charge is -2.29. The molecule has 0 aliphatic heterocycles. The average molecular weight is 649 g/mol. The van der Waals surface area contributed by atoms with Crippen LogP contribution in [0, 0.1) is 11.8 Å². The number of nitrogens with two attached hydrogens (primary N) is 1. The summed E-state index contributed by atoms with van der Waals surface area (Å²) in [7, 11) is 0. The first kappa shape index (κ1) is 40.1. The maximum absolute atomic E-state index is 13.3. The number of hydrogen-bond acceptors (Lipinski definition) is 10. The Morgan fingerprint density at radius 1 is 0.636 bits per heavy atom. The van der Waals surface area contributed by atoms with Gasteiger partial charge in [-0.3, -0.25) is 33.6 Å². The summed E-state index contributed by atoms with van der Waals surface area (Å²) >= 11 is 3.89. The monoisotopic (exact) mass is 648 g/mol. The van der Waals surface area contributed by atoms with Gasteiger partial charge in [0.2, 0.25) is 29.5 Å². The summed E-state index contributed by atoms with van der Waals surface area (Å²) in [5, 5.41) is 39.0.